The first-order valence-corrected chi connectivity index (χ1v) is 7.11. The normalized spacial score (nSPS) is 23.9. The van der Waals surface area contributed by atoms with Crippen molar-refractivity contribution in [2.24, 2.45) is 0 Å². The van der Waals surface area contributed by atoms with Crippen LogP contribution in [0, 0.1) is 0 Å². The third-order valence-electron chi connectivity index (χ3n) is 3.40. The molecule has 1 aliphatic carbocycles. The molecule has 1 aromatic rings. The van der Waals surface area contributed by atoms with Gasteiger partial charge in [-0.1, -0.05) is 15.9 Å². The van der Waals surface area contributed by atoms with E-state index in [1.807, 2.05) is 18.2 Å². The lowest BCUT2D eigenvalue weighted by molar-refractivity contribution is 0.0203. The Balaban J connectivity index is 2.04. The van der Waals surface area contributed by atoms with Gasteiger partial charge < -0.3 is 14.6 Å². The Kier molecular flexibility index (Phi) is 5.03. The standard InChI is InChI=1S/C14H19BrO3/c1-17-12-3-2-4-13(8-12)18-14-6-5-11(15)7-10(14)9-16/h5-7,12-13,16H,2-4,8-9H2,1H3. The molecule has 1 aromatic carbocycles. The van der Waals surface area contributed by atoms with Crippen molar-refractivity contribution in [1.82, 2.24) is 0 Å². The SMILES string of the molecule is COC1CCCC(Oc2ccc(Br)cc2CO)C1. The van der Waals surface area contributed by atoms with Gasteiger partial charge in [0.2, 0.25) is 0 Å². The molecule has 3 nitrogen and oxygen atoms in total. The van der Waals surface area contributed by atoms with E-state index in [2.05, 4.69) is 15.9 Å². The molecule has 0 amide bonds. The summed E-state index contributed by atoms with van der Waals surface area (Å²) in [5.74, 6) is 0.780. The number of ether oxygens (including phenoxy) is 2. The molecule has 0 saturated heterocycles. The van der Waals surface area contributed by atoms with Gasteiger partial charge in [-0.05, 0) is 37.5 Å². The van der Waals surface area contributed by atoms with Gasteiger partial charge in [-0.15, -0.1) is 0 Å². The third kappa shape index (κ3) is 3.46. The van der Waals surface area contributed by atoms with Crippen molar-refractivity contribution < 1.29 is 14.6 Å². The van der Waals surface area contributed by atoms with Crippen LogP contribution in [-0.2, 0) is 11.3 Å². The van der Waals surface area contributed by atoms with Crippen LogP contribution in [0.15, 0.2) is 22.7 Å². The van der Waals surface area contributed by atoms with Gasteiger partial charge in [0.05, 0.1) is 12.7 Å². The lowest BCUT2D eigenvalue weighted by Crippen LogP contribution is -2.29. The van der Waals surface area contributed by atoms with Crippen LogP contribution in [0.1, 0.15) is 31.2 Å². The van der Waals surface area contributed by atoms with E-state index in [4.69, 9.17) is 9.47 Å². The summed E-state index contributed by atoms with van der Waals surface area (Å²) >= 11 is 3.40. The van der Waals surface area contributed by atoms with Crippen molar-refractivity contribution in [1.29, 1.82) is 0 Å². The maximum atomic E-state index is 9.34. The average Bonchev–Trinajstić information content (AvgIpc) is 2.41. The summed E-state index contributed by atoms with van der Waals surface area (Å²) in [4.78, 5) is 0. The number of benzene rings is 1. The van der Waals surface area contributed by atoms with E-state index in [-0.39, 0.29) is 12.7 Å². The monoisotopic (exact) mass is 314 g/mol. The Hall–Kier alpha value is -0.580. The highest BCUT2D eigenvalue weighted by molar-refractivity contribution is 9.10. The Labute approximate surface area is 116 Å². The zero-order valence-electron chi connectivity index (χ0n) is 10.6. The van der Waals surface area contributed by atoms with E-state index in [1.165, 1.54) is 0 Å². The van der Waals surface area contributed by atoms with Crippen molar-refractivity contribution >= 4 is 15.9 Å². The van der Waals surface area contributed by atoms with E-state index in [9.17, 15) is 5.11 Å². The zero-order valence-corrected chi connectivity index (χ0v) is 12.1. The highest BCUT2D eigenvalue weighted by Gasteiger charge is 2.23. The molecule has 18 heavy (non-hydrogen) atoms. The number of rotatable bonds is 4. The summed E-state index contributed by atoms with van der Waals surface area (Å²) in [6.07, 6.45) is 4.72. The molecular weight excluding hydrogens is 296 g/mol. The predicted octanol–water partition coefficient (Wildman–Crippen LogP) is 3.28. The highest BCUT2D eigenvalue weighted by atomic mass is 79.9. The Morgan fingerprint density at radius 2 is 2.11 bits per heavy atom. The van der Waals surface area contributed by atoms with Crippen molar-refractivity contribution in [3.8, 4) is 5.75 Å². The molecular formula is C14H19BrO3. The van der Waals surface area contributed by atoms with Crippen LogP contribution in [0.4, 0.5) is 0 Å². The van der Waals surface area contributed by atoms with Crippen LogP contribution in [-0.4, -0.2) is 24.4 Å². The smallest absolute Gasteiger partial charge is 0.125 e. The Morgan fingerprint density at radius 3 is 2.83 bits per heavy atom. The molecule has 0 bridgehead atoms. The molecule has 0 radical (unpaired) electrons. The molecule has 1 fully saturated rings. The lowest BCUT2D eigenvalue weighted by atomic mass is 9.95. The van der Waals surface area contributed by atoms with E-state index in [0.717, 1.165) is 41.5 Å². The molecule has 4 heteroatoms. The van der Waals surface area contributed by atoms with Gasteiger partial charge in [-0.2, -0.15) is 0 Å². The number of methoxy groups -OCH3 is 1. The van der Waals surface area contributed by atoms with Crippen molar-refractivity contribution in [3.63, 3.8) is 0 Å². The fourth-order valence-electron chi connectivity index (χ4n) is 2.39. The van der Waals surface area contributed by atoms with Crippen molar-refractivity contribution in [2.45, 2.75) is 44.5 Å². The van der Waals surface area contributed by atoms with E-state index >= 15 is 0 Å². The van der Waals surface area contributed by atoms with E-state index < -0.39 is 0 Å². The van der Waals surface area contributed by atoms with Gasteiger partial charge in [-0.25, -0.2) is 0 Å². The molecule has 2 unspecified atom stereocenters. The van der Waals surface area contributed by atoms with Crippen molar-refractivity contribution in [2.75, 3.05) is 7.11 Å². The zero-order chi connectivity index (χ0) is 13.0. The molecule has 1 aliphatic rings. The first-order chi connectivity index (χ1) is 8.72. The largest absolute Gasteiger partial charge is 0.490 e. The molecule has 100 valence electrons. The second-order valence-corrected chi connectivity index (χ2v) is 5.59. The summed E-state index contributed by atoms with van der Waals surface area (Å²) in [7, 11) is 1.76. The van der Waals surface area contributed by atoms with Gasteiger partial charge in [0.25, 0.3) is 0 Å². The molecule has 2 rings (SSSR count). The van der Waals surface area contributed by atoms with Gasteiger partial charge in [0.15, 0.2) is 0 Å². The average molecular weight is 315 g/mol. The van der Waals surface area contributed by atoms with Crippen LogP contribution in [0.25, 0.3) is 0 Å². The summed E-state index contributed by atoms with van der Waals surface area (Å²) < 4.78 is 12.4. The van der Waals surface area contributed by atoms with Crippen LogP contribution in [0.2, 0.25) is 0 Å². The minimum absolute atomic E-state index is 0.00476. The molecule has 0 spiro atoms. The van der Waals surface area contributed by atoms with E-state index in [1.54, 1.807) is 7.11 Å². The number of halogens is 1. The topological polar surface area (TPSA) is 38.7 Å². The van der Waals surface area contributed by atoms with Gasteiger partial charge in [0, 0.05) is 23.6 Å². The number of hydrogen-bond donors (Lipinski definition) is 1. The van der Waals surface area contributed by atoms with E-state index in [0.29, 0.717) is 6.10 Å². The molecule has 1 saturated carbocycles. The summed E-state index contributed by atoms with van der Waals surface area (Å²) in [6.45, 7) is -0.00476. The summed E-state index contributed by atoms with van der Waals surface area (Å²) in [5.41, 5.74) is 0.823. The predicted molar refractivity (Wildman–Crippen MR) is 73.7 cm³/mol. The van der Waals surface area contributed by atoms with Crippen LogP contribution in [0.5, 0.6) is 5.75 Å². The van der Waals surface area contributed by atoms with Gasteiger partial charge in [-0.3, -0.25) is 0 Å². The molecule has 0 heterocycles. The Morgan fingerprint density at radius 1 is 1.33 bits per heavy atom. The first kappa shape index (κ1) is 13.8. The van der Waals surface area contributed by atoms with Crippen molar-refractivity contribution in [3.05, 3.63) is 28.2 Å². The summed E-state index contributed by atoms with van der Waals surface area (Å²) in [5, 5.41) is 9.34. The second kappa shape index (κ2) is 6.55. The second-order valence-electron chi connectivity index (χ2n) is 4.67. The number of aliphatic hydroxyl groups excluding tert-OH is 1. The van der Waals surface area contributed by atoms with Crippen LogP contribution < -0.4 is 4.74 Å². The van der Waals surface area contributed by atoms with Gasteiger partial charge in [0.1, 0.15) is 11.9 Å². The molecule has 2 atom stereocenters. The Bertz CT molecular complexity index is 395. The van der Waals surface area contributed by atoms with Gasteiger partial charge >= 0.3 is 0 Å². The fourth-order valence-corrected chi connectivity index (χ4v) is 2.80. The number of aliphatic hydroxyl groups is 1. The molecule has 0 aliphatic heterocycles. The quantitative estimate of drug-likeness (QED) is 0.927. The minimum atomic E-state index is -0.00476. The fraction of sp³-hybridized carbons (Fsp3) is 0.571. The molecule has 0 aromatic heterocycles. The van der Waals surface area contributed by atoms with Crippen LogP contribution >= 0.6 is 15.9 Å². The highest BCUT2D eigenvalue weighted by Crippen LogP contribution is 2.29. The third-order valence-corrected chi connectivity index (χ3v) is 3.89. The first-order valence-electron chi connectivity index (χ1n) is 6.31. The lowest BCUT2D eigenvalue weighted by Gasteiger charge is -2.29. The molecule has 1 N–H and O–H groups in total. The van der Waals surface area contributed by atoms with Crippen LogP contribution in [0.3, 0.4) is 0 Å². The number of hydrogen-bond acceptors (Lipinski definition) is 3. The maximum absolute atomic E-state index is 9.34. The maximum Gasteiger partial charge on any atom is 0.125 e. The summed E-state index contributed by atoms with van der Waals surface area (Å²) in [6, 6.07) is 5.74. The minimum Gasteiger partial charge on any atom is -0.490 e.